The van der Waals surface area contributed by atoms with Crippen LogP contribution in [-0.2, 0) is 9.59 Å². The van der Waals surface area contributed by atoms with Gasteiger partial charge in [0.2, 0.25) is 16.9 Å². The predicted molar refractivity (Wildman–Crippen MR) is 109 cm³/mol. The molecule has 6 nitrogen and oxygen atoms in total. The highest BCUT2D eigenvalue weighted by atomic mass is 32.2. The molecule has 0 atom stereocenters. The third-order valence-corrected chi connectivity index (χ3v) is 6.48. The Morgan fingerprint density at radius 2 is 1.89 bits per heavy atom. The zero-order valence-corrected chi connectivity index (χ0v) is 16.1. The van der Waals surface area contributed by atoms with Crippen molar-refractivity contribution in [1.29, 1.82) is 0 Å². The number of nitrogens with one attached hydrogen (secondary N) is 2. The van der Waals surface area contributed by atoms with Gasteiger partial charge in [-0.05, 0) is 24.3 Å². The van der Waals surface area contributed by atoms with E-state index in [4.69, 9.17) is 0 Å². The minimum atomic E-state index is -0.105. The first-order chi connectivity index (χ1) is 13.2. The van der Waals surface area contributed by atoms with Gasteiger partial charge >= 0.3 is 0 Å². The number of carbonyl (C=O) groups excluding carboxylic acids is 2. The Morgan fingerprint density at radius 3 is 2.70 bits per heavy atom. The van der Waals surface area contributed by atoms with Crippen LogP contribution in [0, 0.1) is 5.92 Å². The summed E-state index contributed by atoms with van der Waals surface area (Å²) in [6.45, 7) is 0. The summed E-state index contributed by atoms with van der Waals surface area (Å²) in [5, 5.41) is 16.4. The largest absolute Gasteiger partial charge is 0.325 e. The van der Waals surface area contributed by atoms with Crippen LogP contribution in [0.4, 0.5) is 10.8 Å². The average molecular weight is 399 g/mol. The maximum absolute atomic E-state index is 12.3. The van der Waals surface area contributed by atoms with E-state index >= 15 is 0 Å². The standard InChI is InChI=1S/C19H18N4O2S2/c24-16(20-15-10-4-6-12-5-1-2-9-14(12)15)11-26-19-23-22-18(27-19)21-17(25)13-7-3-8-13/h1-2,4-6,9-10,13H,3,7-8,11H2,(H,20,24)(H,21,22,25). The van der Waals surface area contributed by atoms with Crippen molar-refractivity contribution in [2.45, 2.75) is 23.6 Å². The lowest BCUT2D eigenvalue weighted by atomic mass is 9.85. The molecular weight excluding hydrogens is 380 g/mol. The number of anilines is 2. The summed E-state index contributed by atoms with van der Waals surface area (Å²) in [6.07, 6.45) is 3.00. The fourth-order valence-corrected chi connectivity index (χ4v) is 4.40. The van der Waals surface area contributed by atoms with Crippen LogP contribution in [0.15, 0.2) is 46.8 Å². The van der Waals surface area contributed by atoms with Gasteiger partial charge in [0.05, 0.1) is 5.75 Å². The minimum absolute atomic E-state index is 0.0163. The van der Waals surface area contributed by atoms with E-state index < -0.39 is 0 Å². The number of aromatic nitrogens is 2. The number of nitrogens with zero attached hydrogens (tertiary/aromatic N) is 2. The number of hydrogen-bond acceptors (Lipinski definition) is 6. The molecule has 0 bridgehead atoms. The third-order valence-electron chi connectivity index (χ3n) is 4.50. The van der Waals surface area contributed by atoms with Crippen molar-refractivity contribution in [3.05, 3.63) is 42.5 Å². The molecular formula is C19H18N4O2S2. The quantitative estimate of drug-likeness (QED) is 0.481. The summed E-state index contributed by atoms with van der Waals surface area (Å²) in [5.41, 5.74) is 0.796. The first-order valence-corrected chi connectivity index (χ1v) is 10.5. The fourth-order valence-electron chi connectivity index (χ4n) is 2.84. The van der Waals surface area contributed by atoms with Crippen LogP contribution < -0.4 is 10.6 Å². The third kappa shape index (κ3) is 4.28. The highest BCUT2D eigenvalue weighted by molar-refractivity contribution is 8.01. The van der Waals surface area contributed by atoms with Crippen LogP contribution in [0.2, 0.25) is 0 Å². The number of amides is 2. The molecule has 1 heterocycles. The van der Waals surface area contributed by atoms with E-state index in [1.54, 1.807) is 0 Å². The van der Waals surface area contributed by atoms with Crippen molar-refractivity contribution in [2.75, 3.05) is 16.4 Å². The summed E-state index contributed by atoms with van der Waals surface area (Å²) in [5.74, 6) is 0.250. The van der Waals surface area contributed by atoms with E-state index in [0.717, 1.165) is 35.7 Å². The number of hydrogen-bond donors (Lipinski definition) is 2. The summed E-state index contributed by atoms with van der Waals surface area (Å²) in [6, 6.07) is 13.8. The van der Waals surface area contributed by atoms with Gasteiger partial charge in [-0.3, -0.25) is 9.59 Å². The molecule has 27 heavy (non-hydrogen) atoms. The molecule has 1 fully saturated rings. The number of fused-ring (bicyclic) bond motifs is 1. The van der Waals surface area contributed by atoms with Gasteiger partial charge in [0.15, 0.2) is 4.34 Å². The highest BCUT2D eigenvalue weighted by Gasteiger charge is 2.26. The molecule has 8 heteroatoms. The van der Waals surface area contributed by atoms with Crippen LogP contribution in [0.5, 0.6) is 0 Å². The van der Waals surface area contributed by atoms with E-state index in [1.165, 1.54) is 23.1 Å². The Hall–Kier alpha value is -2.45. The van der Waals surface area contributed by atoms with Gasteiger partial charge in [-0.1, -0.05) is 65.9 Å². The molecule has 0 spiro atoms. The molecule has 1 aromatic heterocycles. The van der Waals surface area contributed by atoms with Crippen LogP contribution >= 0.6 is 23.1 Å². The first-order valence-electron chi connectivity index (χ1n) is 8.74. The Kier molecular flexibility index (Phi) is 5.35. The van der Waals surface area contributed by atoms with E-state index in [-0.39, 0.29) is 23.5 Å². The molecule has 0 unspecified atom stereocenters. The maximum Gasteiger partial charge on any atom is 0.234 e. The normalized spacial score (nSPS) is 13.9. The lowest BCUT2D eigenvalue weighted by molar-refractivity contribution is -0.122. The lowest BCUT2D eigenvalue weighted by Gasteiger charge is -2.23. The van der Waals surface area contributed by atoms with Gasteiger partial charge in [0.25, 0.3) is 0 Å². The van der Waals surface area contributed by atoms with Crippen LogP contribution in [0.25, 0.3) is 10.8 Å². The van der Waals surface area contributed by atoms with Gasteiger partial charge in [-0.2, -0.15) is 0 Å². The molecule has 2 aromatic carbocycles. The topological polar surface area (TPSA) is 84.0 Å². The Labute approximate surface area is 164 Å². The highest BCUT2D eigenvalue weighted by Crippen LogP contribution is 2.30. The van der Waals surface area contributed by atoms with E-state index in [1.807, 2.05) is 42.5 Å². The molecule has 138 valence electrons. The van der Waals surface area contributed by atoms with Crippen molar-refractivity contribution in [3.8, 4) is 0 Å². The van der Waals surface area contributed by atoms with Crippen molar-refractivity contribution in [2.24, 2.45) is 5.92 Å². The smallest absolute Gasteiger partial charge is 0.234 e. The summed E-state index contributed by atoms with van der Waals surface area (Å²) in [4.78, 5) is 24.2. The molecule has 0 radical (unpaired) electrons. The van der Waals surface area contributed by atoms with E-state index in [2.05, 4.69) is 20.8 Å². The SMILES string of the molecule is O=C(CSc1nnc(NC(=O)C2CCC2)s1)Nc1cccc2ccccc12. The molecule has 2 amide bonds. The Morgan fingerprint density at radius 1 is 1.07 bits per heavy atom. The van der Waals surface area contributed by atoms with Crippen LogP contribution in [0.1, 0.15) is 19.3 Å². The van der Waals surface area contributed by atoms with Gasteiger partial charge < -0.3 is 10.6 Å². The molecule has 3 aromatic rings. The van der Waals surface area contributed by atoms with Crippen molar-refractivity contribution >= 4 is 56.5 Å². The van der Waals surface area contributed by atoms with Gasteiger partial charge in [-0.15, -0.1) is 10.2 Å². The monoisotopic (exact) mass is 398 g/mol. The minimum Gasteiger partial charge on any atom is -0.325 e. The molecule has 2 N–H and O–H groups in total. The second-order valence-corrected chi connectivity index (χ2v) is 8.55. The molecule has 1 aliphatic carbocycles. The lowest BCUT2D eigenvalue weighted by Crippen LogP contribution is -2.27. The zero-order valence-electron chi connectivity index (χ0n) is 14.5. The number of thioether (sulfide) groups is 1. The van der Waals surface area contributed by atoms with E-state index in [9.17, 15) is 9.59 Å². The Bertz CT molecular complexity index is 979. The number of benzene rings is 2. The van der Waals surface area contributed by atoms with Gasteiger partial charge in [-0.25, -0.2) is 0 Å². The summed E-state index contributed by atoms with van der Waals surface area (Å²) >= 11 is 2.60. The van der Waals surface area contributed by atoms with Crippen molar-refractivity contribution in [3.63, 3.8) is 0 Å². The molecule has 0 saturated heterocycles. The summed E-state index contributed by atoms with van der Waals surface area (Å²) < 4.78 is 0.659. The zero-order chi connectivity index (χ0) is 18.6. The average Bonchev–Trinajstić information content (AvgIpc) is 3.06. The maximum atomic E-state index is 12.3. The van der Waals surface area contributed by atoms with Crippen molar-refractivity contribution < 1.29 is 9.59 Å². The summed E-state index contributed by atoms with van der Waals surface area (Å²) in [7, 11) is 0. The second kappa shape index (κ2) is 8.06. The second-order valence-electron chi connectivity index (χ2n) is 6.35. The van der Waals surface area contributed by atoms with Crippen LogP contribution in [0.3, 0.4) is 0 Å². The number of carbonyl (C=O) groups is 2. The molecule has 1 saturated carbocycles. The van der Waals surface area contributed by atoms with Gasteiger partial charge in [0.1, 0.15) is 0 Å². The number of rotatable bonds is 6. The molecule has 4 rings (SSSR count). The first kappa shape index (κ1) is 17.9. The van der Waals surface area contributed by atoms with Crippen molar-refractivity contribution in [1.82, 2.24) is 10.2 Å². The molecule has 0 aliphatic heterocycles. The Balaban J connectivity index is 1.32. The van der Waals surface area contributed by atoms with E-state index in [0.29, 0.717) is 9.47 Å². The van der Waals surface area contributed by atoms with Gasteiger partial charge in [0, 0.05) is 17.0 Å². The van der Waals surface area contributed by atoms with Crippen LogP contribution in [-0.4, -0.2) is 27.8 Å². The fraction of sp³-hybridized carbons (Fsp3) is 0.263. The predicted octanol–water partition coefficient (Wildman–Crippen LogP) is 4.16. The molecule has 1 aliphatic rings.